The van der Waals surface area contributed by atoms with Gasteiger partial charge in [-0.05, 0) is 37.8 Å². The van der Waals surface area contributed by atoms with E-state index in [-0.39, 0.29) is 23.5 Å². The van der Waals surface area contributed by atoms with E-state index in [9.17, 15) is 19.2 Å². The van der Waals surface area contributed by atoms with Gasteiger partial charge >= 0.3 is 0 Å². The Labute approximate surface area is 174 Å². The van der Waals surface area contributed by atoms with E-state index >= 15 is 0 Å². The lowest BCUT2D eigenvalue weighted by molar-refractivity contribution is -0.144. The van der Waals surface area contributed by atoms with Crippen LogP contribution >= 0.6 is 0 Å². The highest BCUT2D eigenvalue weighted by Gasteiger charge is 2.47. The molecule has 2 atom stereocenters. The van der Waals surface area contributed by atoms with Gasteiger partial charge in [-0.3, -0.25) is 9.59 Å². The molecule has 0 spiro atoms. The van der Waals surface area contributed by atoms with E-state index in [1.54, 1.807) is 11.0 Å². The number of aromatic amines is 1. The third kappa shape index (κ3) is 3.15. The normalized spacial score (nSPS) is 24.7. The van der Waals surface area contributed by atoms with E-state index in [0.29, 0.717) is 50.6 Å². The van der Waals surface area contributed by atoms with Crippen LogP contribution in [-0.4, -0.2) is 33.8 Å². The number of rotatable bonds is 3. The maximum absolute atomic E-state index is 14.5. The largest absolute Gasteiger partial charge is 0.358 e. The van der Waals surface area contributed by atoms with Crippen LogP contribution in [0.25, 0.3) is 10.9 Å². The molecule has 6 nitrogen and oxygen atoms in total. The van der Waals surface area contributed by atoms with Crippen molar-refractivity contribution in [2.75, 3.05) is 6.54 Å². The average molecular weight is 408 g/mol. The summed E-state index contributed by atoms with van der Waals surface area (Å²) < 4.78 is 14.5. The minimum absolute atomic E-state index is 0.0204. The summed E-state index contributed by atoms with van der Waals surface area (Å²) in [7, 11) is 0. The maximum Gasteiger partial charge on any atom is 0.226 e. The molecule has 2 amide bonds. The predicted octanol–water partition coefficient (Wildman–Crippen LogP) is 3.17. The molecule has 2 N–H and O–H groups in total. The Morgan fingerprint density at radius 3 is 2.73 bits per heavy atom. The van der Waals surface area contributed by atoms with Gasteiger partial charge in [0.05, 0.1) is 6.07 Å². The Morgan fingerprint density at radius 1 is 1.23 bits per heavy atom. The van der Waals surface area contributed by atoms with E-state index in [1.807, 2.05) is 6.07 Å². The maximum atomic E-state index is 14.5. The number of fused-ring (bicyclic) bond motifs is 3. The monoisotopic (exact) mass is 408 g/mol. The molecule has 7 heteroatoms. The summed E-state index contributed by atoms with van der Waals surface area (Å²) in [5.41, 5.74) is 1.88. The number of hydrogen-bond acceptors (Lipinski definition) is 3. The molecule has 2 aromatic rings. The number of nitriles is 1. The Morgan fingerprint density at radius 2 is 2.00 bits per heavy atom. The Balaban J connectivity index is 1.37. The number of nitrogens with zero attached hydrogens (tertiary/aromatic N) is 2. The number of halogens is 1. The number of H-pyrrole nitrogens is 1. The molecule has 0 radical (unpaired) electrons. The van der Waals surface area contributed by atoms with E-state index in [0.717, 1.165) is 29.6 Å². The zero-order chi connectivity index (χ0) is 20.9. The molecule has 30 heavy (non-hydrogen) atoms. The second-order valence-electron chi connectivity index (χ2n) is 8.93. The summed E-state index contributed by atoms with van der Waals surface area (Å²) in [4.78, 5) is 31.4. The van der Waals surface area contributed by atoms with Crippen LogP contribution in [0.5, 0.6) is 0 Å². The first kappa shape index (κ1) is 19.1. The van der Waals surface area contributed by atoms with Gasteiger partial charge in [-0.2, -0.15) is 5.26 Å². The molecular weight excluding hydrogens is 383 g/mol. The van der Waals surface area contributed by atoms with Gasteiger partial charge in [0.25, 0.3) is 0 Å². The van der Waals surface area contributed by atoms with Gasteiger partial charge in [0, 0.05) is 53.5 Å². The summed E-state index contributed by atoms with van der Waals surface area (Å²) in [6.45, 7) is 0.926. The lowest BCUT2D eigenvalue weighted by Gasteiger charge is -2.36. The minimum Gasteiger partial charge on any atom is -0.358 e. The van der Waals surface area contributed by atoms with Crippen LogP contribution in [0, 0.1) is 29.0 Å². The van der Waals surface area contributed by atoms with Gasteiger partial charge < -0.3 is 15.2 Å². The topological polar surface area (TPSA) is 89.0 Å². The quantitative estimate of drug-likeness (QED) is 0.818. The highest BCUT2D eigenvalue weighted by atomic mass is 19.1. The van der Waals surface area contributed by atoms with Crippen LogP contribution in [-0.2, 0) is 22.6 Å². The molecule has 0 bridgehead atoms. The van der Waals surface area contributed by atoms with Gasteiger partial charge in [0.15, 0.2) is 0 Å². The summed E-state index contributed by atoms with van der Waals surface area (Å²) in [5, 5.41) is 12.7. The van der Waals surface area contributed by atoms with Crippen molar-refractivity contribution in [1.82, 2.24) is 15.2 Å². The number of hydrogen-bond donors (Lipinski definition) is 2. The SMILES string of the molecule is N#CC1(NC(=O)[C@@H]2CCCC[C@H]2C(=O)N2CCc3[nH]c4cccc(F)c4c3C2)CC1. The molecule has 1 aromatic heterocycles. The minimum atomic E-state index is -0.719. The summed E-state index contributed by atoms with van der Waals surface area (Å²) >= 11 is 0. The number of carbonyl (C=O) groups excluding carboxylic acids is 2. The van der Waals surface area contributed by atoms with E-state index < -0.39 is 11.5 Å². The molecule has 2 saturated carbocycles. The van der Waals surface area contributed by atoms with Crippen LogP contribution in [0.2, 0.25) is 0 Å². The highest BCUT2D eigenvalue weighted by Crippen LogP contribution is 2.38. The first-order chi connectivity index (χ1) is 14.5. The van der Waals surface area contributed by atoms with Crippen LogP contribution in [0.15, 0.2) is 18.2 Å². The first-order valence-electron chi connectivity index (χ1n) is 10.8. The molecule has 3 aliphatic rings. The summed E-state index contributed by atoms with van der Waals surface area (Å²) in [6, 6.07) is 7.18. The number of aromatic nitrogens is 1. The highest BCUT2D eigenvalue weighted by molar-refractivity contribution is 5.90. The zero-order valence-electron chi connectivity index (χ0n) is 16.8. The number of benzene rings is 1. The van der Waals surface area contributed by atoms with Gasteiger partial charge in [0.1, 0.15) is 11.4 Å². The molecule has 1 aromatic carbocycles. The Bertz CT molecular complexity index is 1070. The van der Waals surface area contributed by atoms with Crippen molar-refractivity contribution in [3.63, 3.8) is 0 Å². The lowest BCUT2D eigenvalue weighted by Crippen LogP contribution is -2.48. The van der Waals surface area contributed by atoms with Crippen LogP contribution < -0.4 is 5.32 Å². The number of nitrogens with one attached hydrogen (secondary N) is 2. The molecule has 2 heterocycles. The third-order valence-corrected chi connectivity index (χ3v) is 7.00. The van der Waals surface area contributed by atoms with Gasteiger partial charge in [-0.1, -0.05) is 18.9 Å². The Kier molecular flexibility index (Phi) is 4.53. The molecule has 0 unspecified atom stereocenters. The van der Waals surface area contributed by atoms with Crippen molar-refractivity contribution in [3.8, 4) is 6.07 Å². The van der Waals surface area contributed by atoms with E-state index in [1.165, 1.54) is 6.07 Å². The van der Waals surface area contributed by atoms with Crippen molar-refractivity contribution in [3.05, 3.63) is 35.3 Å². The van der Waals surface area contributed by atoms with Gasteiger partial charge in [0.2, 0.25) is 11.8 Å². The molecule has 0 saturated heterocycles. The van der Waals surface area contributed by atoms with Crippen LogP contribution in [0.1, 0.15) is 49.8 Å². The standard InChI is InChI=1S/C23H25FN4O2/c24-17-6-3-7-19-20(17)16-12-28(11-8-18(16)26-19)22(30)15-5-2-1-4-14(15)21(29)27-23(13-25)9-10-23/h3,6-7,14-15,26H,1-2,4-5,8-12H2,(H,27,29)/t14-,15-/m1/s1. The molecular formula is C23H25FN4O2. The average Bonchev–Trinajstić information content (AvgIpc) is 3.43. The van der Waals surface area contributed by atoms with Crippen molar-refractivity contribution >= 4 is 22.7 Å². The first-order valence-corrected chi connectivity index (χ1v) is 10.8. The predicted molar refractivity (Wildman–Crippen MR) is 109 cm³/mol. The van der Waals surface area contributed by atoms with E-state index in [2.05, 4.69) is 16.4 Å². The smallest absolute Gasteiger partial charge is 0.226 e. The molecule has 2 aliphatic carbocycles. The summed E-state index contributed by atoms with van der Waals surface area (Å²) in [6.07, 6.45) is 5.20. The molecule has 1 aliphatic heterocycles. The van der Waals surface area contributed by atoms with Crippen molar-refractivity contribution < 1.29 is 14.0 Å². The lowest BCUT2D eigenvalue weighted by atomic mass is 9.77. The van der Waals surface area contributed by atoms with Crippen molar-refractivity contribution in [2.24, 2.45) is 11.8 Å². The van der Waals surface area contributed by atoms with Crippen molar-refractivity contribution in [2.45, 2.75) is 57.0 Å². The molecule has 5 rings (SSSR count). The second-order valence-corrected chi connectivity index (χ2v) is 8.93. The fourth-order valence-electron chi connectivity index (χ4n) is 5.11. The van der Waals surface area contributed by atoms with Crippen molar-refractivity contribution in [1.29, 1.82) is 5.26 Å². The fourth-order valence-corrected chi connectivity index (χ4v) is 5.11. The second kappa shape index (κ2) is 7.12. The van der Waals surface area contributed by atoms with Crippen LogP contribution in [0.3, 0.4) is 0 Å². The number of amides is 2. The third-order valence-electron chi connectivity index (χ3n) is 7.00. The van der Waals surface area contributed by atoms with E-state index in [4.69, 9.17) is 0 Å². The molecule has 2 fully saturated rings. The van der Waals surface area contributed by atoms with Crippen LogP contribution in [0.4, 0.5) is 4.39 Å². The van der Waals surface area contributed by atoms with Gasteiger partial charge in [-0.15, -0.1) is 0 Å². The zero-order valence-corrected chi connectivity index (χ0v) is 16.8. The Hall–Kier alpha value is -2.88. The van der Waals surface area contributed by atoms with Gasteiger partial charge in [-0.25, -0.2) is 4.39 Å². The number of carbonyl (C=O) groups is 2. The fraction of sp³-hybridized carbons (Fsp3) is 0.522. The summed E-state index contributed by atoms with van der Waals surface area (Å²) in [5.74, 6) is -1.22. The molecule has 156 valence electrons.